The Bertz CT molecular complexity index is 1910. The molecule has 9 nitrogen and oxygen atoms in total. The van der Waals surface area contributed by atoms with Gasteiger partial charge in [0.15, 0.2) is 5.82 Å². The molecule has 7 rings (SSSR count). The van der Waals surface area contributed by atoms with Gasteiger partial charge in [0.1, 0.15) is 46.8 Å². The molecular formula is C34H34F3N5O4. The predicted octanol–water partition coefficient (Wildman–Crippen LogP) is 5.13. The van der Waals surface area contributed by atoms with Gasteiger partial charge in [0.2, 0.25) is 5.88 Å². The van der Waals surface area contributed by atoms with E-state index in [4.69, 9.17) is 20.9 Å². The number of terminal acetylenes is 1. The molecule has 240 valence electrons. The van der Waals surface area contributed by atoms with Crippen LogP contribution in [0.3, 0.4) is 0 Å². The Labute approximate surface area is 264 Å². The first kappa shape index (κ1) is 30.3. The molecule has 1 unspecified atom stereocenters. The van der Waals surface area contributed by atoms with E-state index in [0.29, 0.717) is 37.7 Å². The molecule has 2 aromatic carbocycles. The number of hydrogen-bond donors (Lipinski definition) is 2. The molecule has 0 amide bonds. The number of β-amino-alcohol motifs (C(OH)–C–C–N with tert-alkyl or cyclic N) is 1. The fourth-order valence-electron chi connectivity index (χ4n) is 7.52. The smallest absolute Gasteiger partial charge is 0.319 e. The van der Waals surface area contributed by atoms with Gasteiger partial charge in [-0.2, -0.15) is 9.97 Å². The number of aromatic hydroxyl groups is 1. The van der Waals surface area contributed by atoms with Crippen molar-refractivity contribution in [1.82, 2.24) is 19.9 Å². The Morgan fingerprint density at radius 1 is 1.11 bits per heavy atom. The average molecular weight is 634 g/mol. The van der Waals surface area contributed by atoms with Crippen LogP contribution in [0.15, 0.2) is 24.3 Å². The van der Waals surface area contributed by atoms with Crippen LogP contribution in [0.5, 0.6) is 17.6 Å². The maximum Gasteiger partial charge on any atom is 0.319 e. The van der Waals surface area contributed by atoms with Crippen LogP contribution in [-0.4, -0.2) is 87.3 Å². The first-order chi connectivity index (χ1) is 22.0. The minimum Gasteiger partial charge on any atom is -0.508 e. The number of aliphatic hydroxyl groups is 1. The molecule has 0 aliphatic carbocycles. The first-order valence-corrected chi connectivity index (χ1v) is 15.4. The zero-order valence-corrected chi connectivity index (χ0v) is 25.6. The molecule has 2 aromatic heterocycles. The molecule has 0 radical (unpaired) electrons. The van der Waals surface area contributed by atoms with Crippen LogP contribution in [0.25, 0.3) is 32.9 Å². The normalized spacial score (nSPS) is 24.8. The highest BCUT2D eigenvalue weighted by atomic mass is 19.1. The topological polar surface area (TPSA) is 104 Å². The van der Waals surface area contributed by atoms with Gasteiger partial charge in [-0.1, -0.05) is 12.0 Å². The minimum absolute atomic E-state index is 0.0232. The summed E-state index contributed by atoms with van der Waals surface area (Å²) in [6.45, 7) is 3.68. The lowest BCUT2D eigenvalue weighted by Gasteiger charge is -2.38. The van der Waals surface area contributed by atoms with Crippen molar-refractivity contribution >= 4 is 27.5 Å². The van der Waals surface area contributed by atoms with E-state index in [2.05, 4.69) is 20.8 Å². The molecule has 0 saturated carbocycles. The summed E-state index contributed by atoms with van der Waals surface area (Å²) < 4.78 is 58.2. The van der Waals surface area contributed by atoms with Gasteiger partial charge in [0.25, 0.3) is 0 Å². The van der Waals surface area contributed by atoms with Crippen LogP contribution in [-0.2, 0) is 0 Å². The summed E-state index contributed by atoms with van der Waals surface area (Å²) in [5.74, 6) is 0.802. The van der Waals surface area contributed by atoms with Crippen LogP contribution in [0, 0.1) is 24.0 Å². The van der Waals surface area contributed by atoms with Gasteiger partial charge in [0, 0.05) is 37.0 Å². The molecule has 0 spiro atoms. The van der Waals surface area contributed by atoms with E-state index in [1.165, 1.54) is 31.4 Å². The Morgan fingerprint density at radius 3 is 2.67 bits per heavy atom. The number of hydrogen-bond acceptors (Lipinski definition) is 9. The lowest BCUT2D eigenvalue weighted by Crippen LogP contribution is -2.46. The standard InChI is InChI=1S/C34H34F3N5O4/c1-4-22-24(36)8-7-19-13-21(43)14-23(25(19)22)28-27(37)29-26(31(38-28)45-3)30(41-11-5-9-33(2,44)17-41)40-32(39-29)46-18-34-10-6-12-42(34)16-20(35)15-34/h1,7-8,13-14,20,43-44H,5-6,9-12,15-18H2,2-3H3/t20-,33?,34+/m1/s1. The molecule has 2 N–H and O–H groups in total. The van der Waals surface area contributed by atoms with Crippen molar-refractivity contribution in [1.29, 1.82) is 0 Å². The third-order valence-electron chi connectivity index (χ3n) is 9.56. The number of aromatic nitrogens is 3. The average Bonchev–Trinajstić information content (AvgIpc) is 3.55. The van der Waals surface area contributed by atoms with E-state index in [1.807, 2.05) is 4.90 Å². The summed E-state index contributed by atoms with van der Waals surface area (Å²) in [4.78, 5) is 17.6. The highest BCUT2D eigenvalue weighted by Crippen LogP contribution is 2.44. The number of fused-ring (bicyclic) bond motifs is 3. The van der Waals surface area contributed by atoms with E-state index in [1.54, 1.807) is 6.92 Å². The van der Waals surface area contributed by atoms with Crippen molar-refractivity contribution in [2.24, 2.45) is 0 Å². The third-order valence-corrected chi connectivity index (χ3v) is 9.56. The number of alkyl halides is 1. The Kier molecular flexibility index (Phi) is 7.36. The number of halogens is 3. The molecule has 3 atom stereocenters. The second-order valence-electron chi connectivity index (χ2n) is 12.9. The molecule has 3 aliphatic heterocycles. The summed E-state index contributed by atoms with van der Waals surface area (Å²) >= 11 is 0. The van der Waals surface area contributed by atoms with Crippen LogP contribution in [0.4, 0.5) is 19.0 Å². The molecule has 5 heterocycles. The maximum absolute atomic E-state index is 16.9. The summed E-state index contributed by atoms with van der Waals surface area (Å²) in [7, 11) is 1.37. The first-order valence-electron chi connectivity index (χ1n) is 15.4. The largest absolute Gasteiger partial charge is 0.508 e. The number of ether oxygens (including phenoxy) is 2. The molecule has 0 bridgehead atoms. The van der Waals surface area contributed by atoms with Crippen LogP contribution < -0.4 is 14.4 Å². The summed E-state index contributed by atoms with van der Waals surface area (Å²) in [6.07, 6.45) is 7.95. The number of phenolic OH excluding ortho intramolecular Hbond substituents is 1. The van der Waals surface area contributed by atoms with Crippen molar-refractivity contribution in [3.63, 3.8) is 0 Å². The number of rotatable bonds is 6. The number of phenols is 1. The van der Waals surface area contributed by atoms with Gasteiger partial charge in [-0.05, 0) is 62.7 Å². The number of methoxy groups -OCH3 is 1. The fraction of sp³-hybridized carbons (Fsp3) is 0.441. The van der Waals surface area contributed by atoms with Crippen molar-refractivity contribution in [3.8, 4) is 41.2 Å². The summed E-state index contributed by atoms with van der Waals surface area (Å²) in [5, 5.41) is 22.3. The number of benzene rings is 2. The molecule has 3 fully saturated rings. The third kappa shape index (κ3) is 5.02. The SMILES string of the molecule is C#Cc1c(F)ccc2cc(O)cc(-c3nc(OC)c4c(N5CCCC(C)(O)C5)nc(OC[C@@]56CCCN5C[C@H](F)C6)nc4c3F)c12. The molecule has 12 heteroatoms. The van der Waals surface area contributed by atoms with Crippen molar-refractivity contribution in [3.05, 3.63) is 41.5 Å². The second kappa shape index (κ2) is 11.2. The van der Waals surface area contributed by atoms with Gasteiger partial charge < -0.3 is 24.6 Å². The second-order valence-corrected chi connectivity index (χ2v) is 12.9. The molecule has 46 heavy (non-hydrogen) atoms. The summed E-state index contributed by atoms with van der Waals surface area (Å²) in [6, 6.07) is 5.17. The molecule has 4 aromatic rings. The Hall–Kier alpha value is -4.34. The Balaban J connectivity index is 1.44. The van der Waals surface area contributed by atoms with E-state index >= 15 is 4.39 Å². The van der Waals surface area contributed by atoms with Crippen LogP contribution in [0.2, 0.25) is 0 Å². The van der Waals surface area contributed by atoms with Gasteiger partial charge in [-0.25, -0.2) is 18.2 Å². The number of nitrogens with zero attached hydrogens (tertiary/aromatic N) is 5. The van der Waals surface area contributed by atoms with E-state index in [-0.39, 0.29) is 69.7 Å². The van der Waals surface area contributed by atoms with E-state index < -0.39 is 28.9 Å². The van der Waals surface area contributed by atoms with Gasteiger partial charge in [-0.15, -0.1) is 6.42 Å². The molecular weight excluding hydrogens is 599 g/mol. The Morgan fingerprint density at radius 2 is 1.91 bits per heavy atom. The lowest BCUT2D eigenvalue weighted by atomic mass is 9.94. The maximum atomic E-state index is 16.9. The summed E-state index contributed by atoms with van der Waals surface area (Å²) in [5.41, 5.74) is -2.05. The highest BCUT2D eigenvalue weighted by molar-refractivity contribution is 6.04. The zero-order chi connectivity index (χ0) is 32.4. The van der Waals surface area contributed by atoms with Crippen molar-refractivity contribution in [2.45, 2.75) is 56.3 Å². The van der Waals surface area contributed by atoms with Gasteiger partial charge in [-0.3, -0.25) is 4.90 Å². The molecule has 3 aliphatic rings. The van der Waals surface area contributed by atoms with Crippen LogP contribution >= 0.6 is 0 Å². The number of piperidine rings is 1. The number of anilines is 1. The van der Waals surface area contributed by atoms with Crippen molar-refractivity contribution in [2.75, 3.05) is 44.8 Å². The van der Waals surface area contributed by atoms with Gasteiger partial charge >= 0.3 is 6.01 Å². The lowest BCUT2D eigenvalue weighted by molar-refractivity contribution is 0.0447. The van der Waals surface area contributed by atoms with Crippen molar-refractivity contribution < 1.29 is 32.9 Å². The van der Waals surface area contributed by atoms with E-state index in [9.17, 15) is 19.0 Å². The van der Waals surface area contributed by atoms with E-state index in [0.717, 1.165) is 19.4 Å². The predicted molar refractivity (Wildman–Crippen MR) is 167 cm³/mol. The van der Waals surface area contributed by atoms with Crippen LogP contribution in [0.1, 0.15) is 44.6 Å². The fourth-order valence-corrected chi connectivity index (χ4v) is 7.52. The minimum atomic E-state index is -1.03. The zero-order valence-electron chi connectivity index (χ0n) is 25.6. The highest BCUT2D eigenvalue weighted by Gasteiger charge is 2.49. The quantitative estimate of drug-likeness (QED) is 0.280. The monoisotopic (exact) mass is 633 g/mol. The van der Waals surface area contributed by atoms with Gasteiger partial charge in [0.05, 0.1) is 23.8 Å². The number of pyridine rings is 1. The molecule has 3 saturated heterocycles.